The predicted octanol–water partition coefficient (Wildman–Crippen LogP) is 3.60. The van der Waals surface area contributed by atoms with Crippen molar-refractivity contribution >= 4 is 5.69 Å². The summed E-state index contributed by atoms with van der Waals surface area (Å²) in [5.41, 5.74) is 3.97. The zero-order chi connectivity index (χ0) is 15.4. The second-order valence-electron chi connectivity index (χ2n) is 5.36. The number of anilines is 1. The fourth-order valence-electron chi connectivity index (χ4n) is 2.17. The van der Waals surface area contributed by atoms with Gasteiger partial charge in [0.05, 0.1) is 6.10 Å². The first-order chi connectivity index (χ1) is 10.0. The van der Waals surface area contributed by atoms with Crippen LogP contribution in [0.25, 0.3) is 0 Å². The van der Waals surface area contributed by atoms with E-state index in [0.29, 0.717) is 12.2 Å². The SMILES string of the molecule is Cc1c(CNc2ccc(OC(C)C)cc2)cc(C#N)n1C. The van der Waals surface area contributed by atoms with E-state index in [2.05, 4.69) is 11.4 Å². The van der Waals surface area contributed by atoms with E-state index in [9.17, 15) is 0 Å². The van der Waals surface area contributed by atoms with Crippen molar-refractivity contribution in [2.24, 2.45) is 7.05 Å². The fourth-order valence-corrected chi connectivity index (χ4v) is 2.17. The largest absolute Gasteiger partial charge is 0.491 e. The Kier molecular flexibility index (Phi) is 4.54. The van der Waals surface area contributed by atoms with Gasteiger partial charge in [0, 0.05) is 25.0 Å². The summed E-state index contributed by atoms with van der Waals surface area (Å²) in [5.74, 6) is 0.873. The Labute approximate surface area is 126 Å². The molecule has 0 saturated carbocycles. The van der Waals surface area contributed by atoms with E-state index in [1.54, 1.807) is 0 Å². The van der Waals surface area contributed by atoms with Crippen LogP contribution in [0.15, 0.2) is 30.3 Å². The van der Waals surface area contributed by atoms with Gasteiger partial charge >= 0.3 is 0 Å². The van der Waals surface area contributed by atoms with Crippen LogP contribution in [-0.4, -0.2) is 10.7 Å². The quantitative estimate of drug-likeness (QED) is 0.912. The molecule has 2 rings (SSSR count). The summed E-state index contributed by atoms with van der Waals surface area (Å²) in [4.78, 5) is 0. The van der Waals surface area contributed by atoms with E-state index in [4.69, 9.17) is 10.00 Å². The Balaban J connectivity index is 2.02. The van der Waals surface area contributed by atoms with Crippen LogP contribution >= 0.6 is 0 Å². The van der Waals surface area contributed by atoms with E-state index in [1.165, 1.54) is 0 Å². The molecule has 0 spiro atoms. The summed E-state index contributed by atoms with van der Waals surface area (Å²) >= 11 is 0. The minimum atomic E-state index is 0.181. The molecule has 0 radical (unpaired) electrons. The van der Waals surface area contributed by atoms with Gasteiger partial charge in [0.1, 0.15) is 17.5 Å². The van der Waals surface area contributed by atoms with E-state index in [0.717, 1.165) is 22.7 Å². The summed E-state index contributed by atoms with van der Waals surface area (Å²) in [6, 6.07) is 12.0. The zero-order valence-electron chi connectivity index (χ0n) is 13.0. The summed E-state index contributed by atoms with van der Waals surface area (Å²) in [5, 5.41) is 12.4. The molecule has 0 aliphatic carbocycles. The molecule has 110 valence electrons. The van der Waals surface area contributed by atoms with Gasteiger partial charge in [0.15, 0.2) is 0 Å². The smallest absolute Gasteiger partial charge is 0.120 e. The van der Waals surface area contributed by atoms with E-state index in [1.807, 2.05) is 62.7 Å². The molecule has 0 saturated heterocycles. The predicted molar refractivity (Wildman–Crippen MR) is 84.4 cm³/mol. The Hall–Kier alpha value is -2.41. The van der Waals surface area contributed by atoms with Crippen LogP contribution in [0.4, 0.5) is 5.69 Å². The molecule has 0 amide bonds. The van der Waals surface area contributed by atoms with Gasteiger partial charge < -0.3 is 14.6 Å². The van der Waals surface area contributed by atoms with Crippen molar-refractivity contribution in [1.82, 2.24) is 4.57 Å². The van der Waals surface area contributed by atoms with Crippen molar-refractivity contribution in [2.75, 3.05) is 5.32 Å². The summed E-state index contributed by atoms with van der Waals surface area (Å²) in [6.45, 7) is 6.75. The Bertz CT molecular complexity index is 648. The molecule has 0 aliphatic rings. The van der Waals surface area contributed by atoms with Crippen molar-refractivity contribution < 1.29 is 4.74 Å². The topological polar surface area (TPSA) is 50.0 Å². The highest BCUT2D eigenvalue weighted by Gasteiger charge is 2.08. The van der Waals surface area contributed by atoms with Crippen molar-refractivity contribution in [1.29, 1.82) is 5.26 Å². The van der Waals surface area contributed by atoms with Gasteiger partial charge in [-0.25, -0.2) is 0 Å². The Morgan fingerprint density at radius 2 is 1.95 bits per heavy atom. The van der Waals surface area contributed by atoms with E-state index in [-0.39, 0.29) is 6.10 Å². The van der Waals surface area contributed by atoms with Crippen LogP contribution in [0, 0.1) is 18.3 Å². The first-order valence-corrected chi connectivity index (χ1v) is 7.07. The van der Waals surface area contributed by atoms with Crippen molar-refractivity contribution in [3.63, 3.8) is 0 Å². The normalized spacial score (nSPS) is 10.5. The monoisotopic (exact) mass is 283 g/mol. The van der Waals surface area contributed by atoms with Crippen LogP contribution in [0.1, 0.15) is 30.8 Å². The minimum absolute atomic E-state index is 0.181. The second kappa shape index (κ2) is 6.36. The molecule has 1 heterocycles. The van der Waals surface area contributed by atoms with Crippen molar-refractivity contribution in [3.8, 4) is 11.8 Å². The van der Waals surface area contributed by atoms with Crippen molar-refractivity contribution in [3.05, 3.63) is 47.3 Å². The third-order valence-electron chi connectivity index (χ3n) is 3.46. The number of nitrogens with one attached hydrogen (secondary N) is 1. The lowest BCUT2D eigenvalue weighted by atomic mass is 10.2. The summed E-state index contributed by atoms with van der Waals surface area (Å²) in [7, 11) is 1.91. The zero-order valence-corrected chi connectivity index (χ0v) is 13.0. The molecule has 1 aromatic heterocycles. The number of hydrogen-bond acceptors (Lipinski definition) is 3. The first-order valence-electron chi connectivity index (χ1n) is 7.07. The average Bonchev–Trinajstić information content (AvgIpc) is 2.73. The summed E-state index contributed by atoms with van der Waals surface area (Å²) < 4.78 is 7.53. The lowest BCUT2D eigenvalue weighted by Gasteiger charge is -2.11. The minimum Gasteiger partial charge on any atom is -0.491 e. The maximum atomic E-state index is 9.04. The highest BCUT2D eigenvalue weighted by atomic mass is 16.5. The molecule has 0 aliphatic heterocycles. The third kappa shape index (κ3) is 3.57. The molecule has 0 unspecified atom stereocenters. The number of rotatable bonds is 5. The molecule has 1 aromatic carbocycles. The van der Waals surface area contributed by atoms with Gasteiger partial charge in [-0.3, -0.25) is 0 Å². The molecule has 21 heavy (non-hydrogen) atoms. The van der Waals surface area contributed by atoms with Crippen LogP contribution in [0.3, 0.4) is 0 Å². The van der Waals surface area contributed by atoms with Gasteiger partial charge in [-0.15, -0.1) is 0 Å². The van der Waals surface area contributed by atoms with Gasteiger partial charge in [-0.05, 0) is 56.7 Å². The van der Waals surface area contributed by atoms with Gasteiger partial charge in [0.25, 0.3) is 0 Å². The Morgan fingerprint density at radius 1 is 1.29 bits per heavy atom. The molecule has 4 nitrogen and oxygen atoms in total. The molecule has 0 fully saturated rings. The fraction of sp³-hybridized carbons (Fsp3) is 0.353. The lowest BCUT2D eigenvalue weighted by molar-refractivity contribution is 0.242. The molecule has 2 aromatic rings. The van der Waals surface area contributed by atoms with Gasteiger partial charge in [0.2, 0.25) is 0 Å². The van der Waals surface area contributed by atoms with Gasteiger partial charge in [-0.2, -0.15) is 5.26 Å². The number of nitriles is 1. The maximum absolute atomic E-state index is 9.04. The summed E-state index contributed by atoms with van der Waals surface area (Å²) in [6.07, 6.45) is 0.181. The average molecular weight is 283 g/mol. The standard InChI is InChI=1S/C17H21N3O/c1-12(2)21-17-7-5-15(6-8-17)19-11-14-9-16(10-18)20(4)13(14)3/h5-9,12,19H,11H2,1-4H3. The van der Waals surface area contributed by atoms with E-state index >= 15 is 0 Å². The van der Waals surface area contributed by atoms with Crippen LogP contribution in [0.5, 0.6) is 5.75 Å². The maximum Gasteiger partial charge on any atom is 0.120 e. The van der Waals surface area contributed by atoms with Crippen LogP contribution in [-0.2, 0) is 13.6 Å². The molecule has 4 heteroatoms. The van der Waals surface area contributed by atoms with Crippen LogP contribution < -0.4 is 10.1 Å². The molecular formula is C17H21N3O. The highest BCUT2D eigenvalue weighted by Crippen LogP contribution is 2.19. The second-order valence-corrected chi connectivity index (χ2v) is 5.36. The number of aromatic nitrogens is 1. The first kappa shape index (κ1) is 15.0. The lowest BCUT2D eigenvalue weighted by Crippen LogP contribution is -2.05. The van der Waals surface area contributed by atoms with E-state index < -0.39 is 0 Å². The number of ether oxygens (including phenoxy) is 1. The highest BCUT2D eigenvalue weighted by molar-refractivity contribution is 5.47. The number of benzene rings is 1. The molecule has 0 atom stereocenters. The van der Waals surface area contributed by atoms with Crippen molar-refractivity contribution in [2.45, 2.75) is 33.4 Å². The molecule has 1 N–H and O–H groups in total. The third-order valence-corrected chi connectivity index (χ3v) is 3.46. The Morgan fingerprint density at radius 3 is 2.48 bits per heavy atom. The number of hydrogen-bond donors (Lipinski definition) is 1. The number of nitrogens with zero attached hydrogens (tertiary/aromatic N) is 2. The van der Waals surface area contributed by atoms with Crippen LogP contribution in [0.2, 0.25) is 0 Å². The molecular weight excluding hydrogens is 262 g/mol. The molecule has 0 bridgehead atoms. The van der Waals surface area contributed by atoms with Gasteiger partial charge in [-0.1, -0.05) is 0 Å².